The quantitative estimate of drug-likeness (QED) is 0.751. The average Bonchev–Trinajstić information content (AvgIpc) is 2.78. The van der Waals surface area contributed by atoms with Gasteiger partial charge in [0.1, 0.15) is 5.76 Å². The summed E-state index contributed by atoms with van der Waals surface area (Å²) in [5.74, 6) is 0.684. The number of hydrogen-bond donors (Lipinski definition) is 2. The number of carbonyl (C=O) groups excluding carboxylic acids is 1. The van der Waals surface area contributed by atoms with Crippen molar-refractivity contribution in [2.75, 3.05) is 6.54 Å². The summed E-state index contributed by atoms with van der Waals surface area (Å²) >= 11 is 0. The molecule has 5 heteroatoms. The highest BCUT2D eigenvalue weighted by Crippen LogP contribution is 2.16. The Hall–Kier alpha value is -1.36. The Bertz CT molecular complexity index is 380. The normalized spacial score (nSPS) is 12.4. The van der Waals surface area contributed by atoms with Gasteiger partial charge in [0.25, 0.3) is 0 Å². The molecule has 108 valence electrons. The van der Waals surface area contributed by atoms with Gasteiger partial charge in [0.2, 0.25) is 5.91 Å². The first kappa shape index (κ1) is 15.7. The van der Waals surface area contributed by atoms with E-state index in [4.69, 9.17) is 4.52 Å². The van der Waals surface area contributed by atoms with E-state index in [9.17, 15) is 9.90 Å². The number of hydrogen-bond acceptors (Lipinski definition) is 4. The van der Waals surface area contributed by atoms with Crippen LogP contribution in [0.15, 0.2) is 4.52 Å². The van der Waals surface area contributed by atoms with Gasteiger partial charge in [-0.25, -0.2) is 0 Å². The second kappa shape index (κ2) is 7.94. The number of carbonyl (C=O) groups is 1. The molecule has 2 N–H and O–H groups in total. The van der Waals surface area contributed by atoms with E-state index in [1.165, 1.54) is 0 Å². The predicted octanol–water partition coefficient (Wildman–Crippen LogP) is 1.62. The molecule has 0 bridgehead atoms. The van der Waals surface area contributed by atoms with Crippen LogP contribution in [-0.4, -0.2) is 28.8 Å². The zero-order valence-corrected chi connectivity index (χ0v) is 12.0. The van der Waals surface area contributed by atoms with Crippen LogP contribution in [0.4, 0.5) is 0 Å². The monoisotopic (exact) mass is 268 g/mol. The predicted molar refractivity (Wildman–Crippen MR) is 72.9 cm³/mol. The van der Waals surface area contributed by atoms with Gasteiger partial charge >= 0.3 is 0 Å². The summed E-state index contributed by atoms with van der Waals surface area (Å²) in [4.78, 5) is 11.9. The van der Waals surface area contributed by atoms with E-state index in [0.717, 1.165) is 36.3 Å². The molecule has 1 heterocycles. The van der Waals surface area contributed by atoms with E-state index in [1.54, 1.807) is 0 Å². The van der Waals surface area contributed by atoms with E-state index in [0.29, 0.717) is 13.0 Å². The van der Waals surface area contributed by atoms with Crippen LogP contribution in [-0.2, 0) is 24.1 Å². The fourth-order valence-corrected chi connectivity index (χ4v) is 2.03. The van der Waals surface area contributed by atoms with Gasteiger partial charge in [-0.15, -0.1) is 0 Å². The second-order valence-corrected chi connectivity index (χ2v) is 4.66. The van der Waals surface area contributed by atoms with Crippen molar-refractivity contribution < 1.29 is 14.4 Å². The van der Waals surface area contributed by atoms with Gasteiger partial charge in [0.15, 0.2) is 0 Å². The Labute approximate surface area is 114 Å². The molecule has 0 saturated heterocycles. The number of amides is 1. The third-order valence-electron chi connectivity index (χ3n) is 3.10. The summed E-state index contributed by atoms with van der Waals surface area (Å²) in [6, 6.07) is 0. The molecule has 1 aromatic rings. The number of aromatic nitrogens is 1. The average molecular weight is 268 g/mol. The number of aryl methyl sites for hydroxylation is 2. The first-order valence-electron chi connectivity index (χ1n) is 7.03. The number of rotatable bonds is 8. The van der Waals surface area contributed by atoms with Gasteiger partial charge in [-0.1, -0.05) is 32.3 Å². The maximum atomic E-state index is 11.9. The highest BCUT2D eigenvalue weighted by molar-refractivity contribution is 5.79. The van der Waals surface area contributed by atoms with E-state index in [2.05, 4.69) is 10.5 Å². The van der Waals surface area contributed by atoms with Crippen LogP contribution in [0, 0.1) is 0 Å². The van der Waals surface area contributed by atoms with Gasteiger partial charge in [-0.2, -0.15) is 0 Å². The van der Waals surface area contributed by atoms with Crippen molar-refractivity contribution in [1.29, 1.82) is 0 Å². The van der Waals surface area contributed by atoms with Crippen molar-refractivity contribution in [2.24, 2.45) is 0 Å². The van der Waals surface area contributed by atoms with Crippen molar-refractivity contribution in [3.05, 3.63) is 17.0 Å². The minimum atomic E-state index is -0.465. The lowest BCUT2D eigenvalue weighted by molar-refractivity contribution is -0.120. The van der Waals surface area contributed by atoms with Crippen LogP contribution in [0.5, 0.6) is 0 Å². The molecule has 5 nitrogen and oxygen atoms in total. The summed E-state index contributed by atoms with van der Waals surface area (Å²) in [6.45, 7) is 6.28. The molecule has 1 unspecified atom stereocenters. The van der Waals surface area contributed by atoms with E-state index >= 15 is 0 Å². The third-order valence-corrected chi connectivity index (χ3v) is 3.10. The smallest absolute Gasteiger partial charge is 0.224 e. The molecule has 0 saturated carbocycles. The van der Waals surface area contributed by atoms with Gasteiger partial charge in [-0.3, -0.25) is 4.79 Å². The van der Waals surface area contributed by atoms with Gasteiger partial charge in [0.05, 0.1) is 18.2 Å². The zero-order chi connectivity index (χ0) is 14.3. The van der Waals surface area contributed by atoms with Gasteiger partial charge in [0, 0.05) is 18.5 Å². The lowest BCUT2D eigenvalue weighted by atomic mass is 10.1. The molecule has 1 amide bonds. The number of aliphatic hydroxyl groups excluding tert-OH is 1. The first-order chi connectivity index (χ1) is 9.12. The maximum Gasteiger partial charge on any atom is 0.224 e. The van der Waals surface area contributed by atoms with Crippen LogP contribution in [0.2, 0.25) is 0 Å². The standard InChI is InChI=1S/C14H24N2O3/c1-4-7-10(17)9-15-14(18)8-11-12(5-2)16-19-13(11)6-3/h10,17H,4-9H2,1-3H3,(H,15,18). The Balaban J connectivity index is 2.54. The van der Waals surface area contributed by atoms with Crippen molar-refractivity contribution in [3.63, 3.8) is 0 Å². The molecule has 0 spiro atoms. The van der Waals surface area contributed by atoms with Crippen LogP contribution in [0.25, 0.3) is 0 Å². The molecule has 1 aromatic heterocycles. The highest BCUT2D eigenvalue weighted by atomic mass is 16.5. The second-order valence-electron chi connectivity index (χ2n) is 4.66. The summed E-state index contributed by atoms with van der Waals surface area (Å²) in [6.07, 6.45) is 2.90. The minimum Gasteiger partial charge on any atom is -0.391 e. The van der Waals surface area contributed by atoms with E-state index in [1.807, 2.05) is 20.8 Å². The molecule has 0 aromatic carbocycles. The molecule has 1 rings (SSSR count). The summed E-state index contributed by atoms with van der Waals surface area (Å²) in [5, 5.41) is 16.3. The lowest BCUT2D eigenvalue weighted by Crippen LogP contribution is -2.33. The van der Waals surface area contributed by atoms with E-state index in [-0.39, 0.29) is 12.3 Å². The largest absolute Gasteiger partial charge is 0.391 e. The molecule has 0 aliphatic rings. The van der Waals surface area contributed by atoms with Gasteiger partial charge in [-0.05, 0) is 12.8 Å². The Kier molecular flexibility index (Phi) is 6.56. The fourth-order valence-electron chi connectivity index (χ4n) is 2.03. The molecular formula is C14H24N2O3. The maximum absolute atomic E-state index is 11.9. The van der Waals surface area contributed by atoms with Crippen molar-refractivity contribution >= 4 is 5.91 Å². The minimum absolute atomic E-state index is 0.0947. The number of nitrogens with one attached hydrogen (secondary N) is 1. The lowest BCUT2D eigenvalue weighted by Gasteiger charge is -2.10. The van der Waals surface area contributed by atoms with Crippen molar-refractivity contribution in [1.82, 2.24) is 10.5 Å². The van der Waals surface area contributed by atoms with Crippen molar-refractivity contribution in [2.45, 2.75) is 59.0 Å². The summed E-state index contributed by atoms with van der Waals surface area (Å²) in [7, 11) is 0. The molecule has 0 fully saturated rings. The summed E-state index contributed by atoms with van der Waals surface area (Å²) < 4.78 is 5.22. The molecular weight excluding hydrogens is 244 g/mol. The molecule has 19 heavy (non-hydrogen) atoms. The molecule has 0 aliphatic heterocycles. The number of nitrogens with zero attached hydrogens (tertiary/aromatic N) is 1. The SMILES string of the molecule is CCCC(O)CNC(=O)Cc1c(CC)noc1CC. The van der Waals surface area contributed by atoms with Crippen LogP contribution >= 0.6 is 0 Å². The van der Waals surface area contributed by atoms with E-state index < -0.39 is 6.10 Å². The first-order valence-corrected chi connectivity index (χ1v) is 7.03. The Morgan fingerprint density at radius 2 is 2.11 bits per heavy atom. The Morgan fingerprint density at radius 3 is 2.68 bits per heavy atom. The van der Waals surface area contributed by atoms with Gasteiger partial charge < -0.3 is 14.9 Å². The van der Waals surface area contributed by atoms with Crippen molar-refractivity contribution in [3.8, 4) is 0 Å². The zero-order valence-electron chi connectivity index (χ0n) is 12.0. The molecule has 0 radical (unpaired) electrons. The molecule has 1 atom stereocenters. The van der Waals surface area contributed by atoms with Crippen LogP contribution < -0.4 is 5.32 Å². The topological polar surface area (TPSA) is 75.4 Å². The Morgan fingerprint density at radius 1 is 1.37 bits per heavy atom. The fraction of sp³-hybridized carbons (Fsp3) is 0.714. The number of aliphatic hydroxyl groups is 1. The van der Waals surface area contributed by atoms with Crippen LogP contribution in [0.1, 0.15) is 50.6 Å². The molecule has 0 aliphatic carbocycles. The summed E-state index contributed by atoms with van der Waals surface area (Å²) in [5.41, 5.74) is 1.74. The third kappa shape index (κ3) is 4.67. The highest BCUT2D eigenvalue weighted by Gasteiger charge is 2.17. The van der Waals surface area contributed by atoms with Crippen LogP contribution in [0.3, 0.4) is 0 Å².